The van der Waals surface area contributed by atoms with Crippen molar-refractivity contribution in [2.75, 3.05) is 0 Å². The van der Waals surface area contributed by atoms with Gasteiger partial charge in [0.1, 0.15) is 6.20 Å². The summed E-state index contributed by atoms with van der Waals surface area (Å²) in [5.74, 6) is 0. The molecule has 21 heavy (non-hydrogen) atoms. The molecule has 0 saturated heterocycles. The minimum atomic E-state index is 0.976. The maximum absolute atomic E-state index is 3.95. The third kappa shape index (κ3) is 2.84. The summed E-state index contributed by atoms with van der Waals surface area (Å²) >= 11 is 0. The first-order valence-electron chi connectivity index (χ1n) is 6.79. The molecule has 4 rings (SSSR count). The Morgan fingerprint density at radius 3 is 2.43 bits per heavy atom. The van der Waals surface area contributed by atoms with Gasteiger partial charge in [-0.2, -0.15) is 0 Å². The van der Waals surface area contributed by atoms with E-state index in [0.717, 1.165) is 11.0 Å². The number of rotatable bonds is 1. The van der Waals surface area contributed by atoms with Crippen LogP contribution in [0.5, 0.6) is 0 Å². The number of pyridine rings is 1. The van der Waals surface area contributed by atoms with Crippen LogP contribution in [0.25, 0.3) is 27.9 Å². The van der Waals surface area contributed by atoms with Gasteiger partial charge in [-0.3, -0.25) is 4.98 Å². The zero-order valence-electron chi connectivity index (χ0n) is 11.6. The minimum absolute atomic E-state index is 0.976. The van der Waals surface area contributed by atoms with Gasteiger partial charge in [0.05, 0.1) is 5.52 Å². The molecule has 2 aromatic heterocycles. The van der Waals surface area contributed by atoms with Crippen molar-refractivity contribution in [1.82, 2.24) is 9.97 Å². The number of para-hydroxylation sites is 1. The van der Waals surface area contributed by atoms with E-state index in [0.29, 0.717) is 0 Å². The Bertz CT molecular complexity index is 810. The van der Waals surface area contributed by atoms with Crippen LogP contribution >= 0.6 is 0 Å². The van der Waals surface area contributed by atoms with Gasteiger partial charge in [-0.05, 0) is 17.7 Å². The van der Waals surface area contributed by atoms with Crippen LogP contribution in [0, 0.1) is 6.20 Å². The summed E-state index contributed by atoms with van der Waals surface area (Å²) in [4.78, 5) is 7.21. The van der Waals surface area contributed by atoms with E-state index in [4.69, 9.17) is 0 Å². The van der Waals surface area contributed by atoms with E-state index >= 15 is 0 Å². The molecule has 4 aromatic rings. The number of nitrogens with zero attached hydrogens (tertiary/aromatic N) is 1. The first kappa shape index (κ1) is 13.1. The fourth-order valence-corrected chi connectivity index (χ4v) is 2.23. The lowest BCUT2D eigenvalue weighted by atomic mass is 10.2. The summed E-state index contributed by atoms with van der Waals surface area (Å²) in [5, 5.41) is 2.42. The Morgan fingerprint density at radius 1 is 0.905 bits per heavy atom. The van der Waals surface area contributed by atoms with E-state index in [1.165, 1.54) is 16.3 Å². The van der Waals surface area contributed by atoms with Crippen LogP contribution in [0.1, 0.15) is 5.56 Å². The third-order valence-electron chi connectivity index (χ3n) is 3.27. The molecular formula is C19H15N2. The van der Waals surface area contributed by atoms with Crippen molar-refractivity contribution in [1.29, 1.82) is 0 Å². The normalized spacial score (nSPS) is 10.1. The number of hydrogen-bond donors (Lipinski definition) is 1. The van der Waals surface area contributed by atoms with Gasteiger partial charge < -0.3 is 4.98 Å². The van der Waals surface area contributed by atoms with E-state index in [1.807, 2.05) is 54.6 Å². The molecule has 101 valence electrons. The predicted octanol–water partition coefficient (Wildman–Crippen LogP) is 4.85. The smallest absolute Gasteiger partial charge is 0.115 e. The van der Waals surface area contributed by atoms with E-state index in [2.05, 4.69) is 34.9 Å². The fourth-order valence-electron chi connectivity index (χ4n) is 2.23. The van der Waals surface area contributed by atoms with Gasteiger partial charge >= 0.3 is 0 Å². The lowest BCUT2D eigenvalue weighted by Gasteiger charge is -1.86. The molecule has 1 N–H and O–H groups in total. The van der Waals surface area contributed by atoms with E-state index in [-0.39, 0.29) is 0 Å². The van der Waals surface area contributed by atoms with Crippen molar-refractivity contribution in [2.24, 2.45) is 0 Å². The SMILES string of the molecule is C=Cc1ccccc1.[c]1nccc2c1[nH]c1ccccc12. The van der Waals surface area contributed by atoms with Crippen molar-refractivity contribution in [3.05, 3.63) is 85.2 Å². The fraction of sp³-hybridized carbons (Fsp3) is 0. The first-order valence-corrected chi connectivity index (χ1v) is 6.79. The van der Waals surface area contributed by atoms with Crippen molar-refractivity contribution < 1.29 is 0 Å². The van der Waals surface area contributed by atoms with Gasteiger partial charge in [-0.1, -0.05) is 61.2 Å². The molecule has 0 atom stereocenters. The summed E-state index contributed by atoms with van der Waals surface area (Å²) in [7, 11) is 0. The predicted molar refractivity (Wildman–Crippen MR) is 89.0 cm³/mol. The molecule has 2 aromatic carbocycles. The lowest BCUT2D eigenvalue weighted by molar-refractivity contribution is 1.33. The van der Waals surface area contributed by atoms with Gasteiger partial charge in [0.2, 0.25) is 0 Å². The zero-order chi connectivity index (χ0) is 14.5. The summed E-state index contributed by atoms with van der Waals surface area (Å²) in [5.41, 5.74) is 3.29. The summed E-state index contributed by atoms with van der Waals surface area (Å²) in [6.07, 6.45) is 6.53. The molecule has 0 fully saturated rings. The van der Waals surface area contributed by atoms with Crippen LogP contribution in [0.2, 0.25) is 0 Å². The van der Waals surface area contributed by atoms with Crippen LogP contribution < -0.4 is 0 Å². The zero-order valence-corrected chi connectivity index (χ0v) is 11.6. The number of H-pyrrole nitrogens is 1. The van der Waals surface area contributed by atoms with Crippen LogP contribution in [0.3, 0.4) is 0 Å². The molecule has 0 aliphatic heterocycles. The van der Waals surface area contributed by atoms with Gasteiger partial charge in [-0.25, -0.2) is 0 Å². The highest BCUT2D eigenvalue weighted by Crippen LogP contribution is 2.23. The van der Waals surface area contributed by atoms with E-state index in [1.54, 1.807) is 6.20 Å². The molecule has 0 amide bonds. The topological polar surface area (TPSA) is 28.7 Å². The molecule has 2 nitrogen and oxygen atoms in total. The van der Waals surface area contributed by atoms with Crippen molar-refractivity contribution in [3.63, 3.8) is 0 Å². The second-order valence-corrected chi connectivity index (χ2v) is 4.63. The Balaban J connectivity index is 0.000000143. The molecule has 0 unspecified atom stereocenters. The Kier molecular flexibility index (Phi) is 3.79. The quantitative estimate of drug-likeness (QED) is 0.527. The van der Waals surface area contributed by atoms with Crippen molar-refractivity contribution >= 4 is 27.9 Å². The molecule has 0 saturated carbocycles. The monoisotopic (exact) mass is 271 g/mol. The highest BCUT2D eigenvalue weighted by Gasteiger charge is 2.01. The average molecular weight is 271 g/mol. The highest BCUT2D eigenvalue weighted by atomic mass is 14.7. The van der Waals surface area contributed by atoms with Gasteiger partial charge in [0.15, 0.2) is 0 Å². The summed E-state index contributed by atoms with van der Waals surface area (Å²) < 4.78 is 0. The molecule has 0 spiro atoms. The third-order valence-corrected chi connectivity index (χ3v) is 3.27. The minimum Gasteiger partial charge on any atom is -0.353 e. The Morgan fingerprint density at radius 2 is 1.67 bits per heavy atom. The number of nitrogens with one attached hydrogen (secondary N) is 1. The van der Waals surface area contributed by atoms with E-state index < -0.39 is 0 Å². The largest absolute Gasteiger partial charge is 0.353 e. The molecule has 0 bridgehead atoms. The van der Waals surface area contributed by atoms with Crippen LogP contribution in [-0.4, -0.2) is 9.97 Å². The Labute approximate surface area is 123 Å². The molecule has 0 aliphatic rings. The van der Waals surface area contributed by atoms with Gasteiger partial charge in [0, 0.05) is 22.5 Å². The molecular weight excluding hydrogens is 256 g/mol. The number of fused-ring (bicyclic) bond motifs is 3. The Hall–Kier alpha value is -2.87. The summed E-state index contributed by atoms with van der Waals surface area (Å²) in [6.45, 7) is 3.63. The van der Waals surface area contributed by atoms with Crippen molar-refractivity contribution in [2.45, 2.75) is 0 Å². The number of aromatic amines is 1. The maximum atomic E-state index is 3.95. The van der Waals surface area contributed by atoms with E-state index in [9.17, 15) is 0 Å². The first-order chi connectivity index (χ1) is 10.4. The molecule has 1 radical (unpaired) electrons. The summed E-state index contributed by atoms with van der Waals surface area (Å²) in [6, 6.07) is 20.2. The average Bonchev–Trinajstić information content (AvgIpc) is 2.95. The number of benzene rings is 2. The molecule has 0 aliphatic carbocycles. The van der Waals surface area contributed by atoms with Crippen LogP contribution in [0.4, 0.5) is 0 Å². The maximum Gasteiger partial charge on any atom is 0.115 e. The van der Waals surface area contributed by atoms with Gasteiger partial charge in [-0.15, -0.1) is 0 Å². The second-order valence-electron chi connectivity index (χ2n) is 4.63. The molecule has 2 heteroatoms. The number of hydrogen-bond acceptors (Lipinski definition) is 1. The van der Waals surface area contributed by atoms with Crippen LogP contribution in [-0.2, 0) is 0 Å². The lowest BCUT2D eigenvalue weighted by Crippen LogP contribution is -1.70. The highest BCUT2D eigenvalue weighted by molar-refractivity contribution is 6.06. The van der Waals surface area contributed by atoms with Crippen LogP contribution in [0.15, 0.2) is 73.4 Å². The van der Waals surface area contributed by atoms with Gasteiger partial charge in [0.25, 0.3) is 0 Å². The standard InChI is InChI=1S/C11H7N2.C8H8/c1-2-4-10-8(3-1)9-5-6-12-7-11(9)13-10;1-2-8-6-4-3-5-7-8/h1-6,13H;2-7H,1H2. The molecule has 2 heterocycles. The second kappa shape index (κ2) is 6.06. The van der Waals surface area contributed by atoms with Crippen molar-refractivity contribution in [3.8, 4) is 0 Å². The number of aromatic nitrogens is 2.